The predicted molar refractivity (Wildman–Crippen MR) is 55.0 cm³/mol. The molecule has 0 saturated carbocycles. The Balaban J connectivity index is 2.55. The minimum absolute atomic E-state index is 0.458. The second-order valence-corrected chi connectivity index (χ2v) is 3.21. The summed E-state index contributed by atoms with van der Waals surface area (Å²) in [6.07, 6.45) is -3.38. The third-order valence-electron chi connectivity index (χ3n) is 1.82. The second kappa shape index (κ2) is 4.83. The summed E-state index contributed by atoms with van der Waals surface area (Å²) in [6.45, 7) is 1.90. The molecule has 0 aromatic heterocycles. The van der Waals surface area contributed by atoms with Gasteiger partial charge in [0.2, 0.25) is 0 Å². The van der Waals surface area contributed by atoms with Crippen LogP contribution >= 0.6 is 0 Å². The molecule has 0 aliphatic rings. The lowest BCUT2D eigenvalue weighted by atomic mass is 10.2. The molecule has 0 fully saturated rings. The van der Waals surface area contributed by atoms with Crippen LogP contribution in [0.5, 0.6) is 0 Å². The standard InChI is InChI=1S/C11H10F3NO/c1-8-2-4-9(5-3-8)15-7-6-10(16)11(12,13)14/h2-7,15H,1H3/b7-6+. The Hall–Kier alpha value is -1.78. The third kappa shape index (κ3) is 3.76. The highest BCUT2D eigenvalue weighted by Crippen LogP contribution is 2.16. The zero-order chi connectivity index (χ0) is 12.2. The van der Waals surface area contributed by atoms with Gasteiger partial charge in [0, 0.05) is 18.0 Å². The number of hydrogen-bond donors (Lipinski definition) is 1. The van der Waals surface area contributed by atoms with Gasteiger partial charge in [-0.15, -0.1) is 0 Å². The third-order valence-corrected chi connectivity index (χ3v) is 1.82. The highest BCUT2D eigenvalue weighted by molar-refractivity contribution is 5.94. The number of anilines is 1. The van der Waals surface area contributed by atoms with Crippen LogP contribution in [0, 0.1) is 6.92 Å². The number of allylic oxidation sites excluding steroid dienone is 1. The lowest BCUT2D eigenvalue weighted by Gasteiger charge is -2.02. The molecule has 0 saturated heterocycles. The number of benzene rings is 1. The van der Waals surface area contributed by atoms with Crippen molar-refractivity contribution < 1.29 is 18.0 Å². The van der Waals surface area contributed by atoms with Crippen LogP contribution in [0.3, 0.4) is 0 Å². The van der Waals surface area contributed by atoms with E-state index in [4.69, 9.17) is 0 Å². The molecule has 0 radical (unpaired) electrons. The number of alkyl halides is 3. The van der Waals surface area contributed by atoms with Crippen molar-refractivity contribution in [2.45, 2.75) is 13.1 Å². The molecule has 5 heteroatoms. The molecule has 1 aromatic carbocycles. The first-order valence-electron chi connectivity index (χ1n) is 4.50. The SMILES string of the molecule is Cc1ccc(N/C=C/C(=O)C(F)(F)F)cc1. The van der Waals surface area contributed by atoms with Gasteiger partial charge in [0.1, 0.15) is 0 Å². The molecule has 86 valence electrons. The molecule has 16 heavy (non-hydrogen) atoms. The fourth-order valence-corrected chi connectivity index (χ4v) is 0.958. The van der Waals surface area contributed by atoms with E-state index < -0.39 is 12.0 Å². The first kappa shape index (κ1) is 12.3. The maximum Gasteiger partial charge on any atom is 0.454 e. The summed E-state index contributed by atoms with van der Waals surface area (Å²) < 4.78 is 35.4. The Labute approximate surface area is 90.8 Å². The van der Waals surface area contributed by atoms with Gasteiger partial charge in [0.15, 0.2) is 0 Å². The van der Waals surface area contributed by atoms with Crippen molar-refractivity contribution in [3.8, 4) is 0 Å². The molecule has 1 N–H and O–H groups in total. The number of ketones is 1. The number of halogens is 3. The highest BCUT2D eigenvalue weighted by atomic mass is 19.4. The minimum atomic E-state index is -4.81. The molecule has 0 aliphatic carbocycles. The summed E-state index contributed by atoms with van der Waals surface area (Å²) in [7, 11) is 0. The van der Waals surface area contributed by atoms with Gasteiger partial charge in [-0.25, -0.2) is 0 Å². The Morgan fingerprint density at radius 3 is 2.31 bits per heavy atom. The van der Waals surface area contributed by atoms with E-state index in [9.17, 15) is 18.0 Å². The van der Waals surface area contributed by atoms with E-state index in [-0.39, 0.29) is 0 Å². The summed E-state index contributed by atoms with van der Waals surface area (Å²) in [4.78, 5) is 10.5. The van der Waals surface area contributed by atoms with Crippen LogP contribution in [-0.4, -0.2) is 12.0 Å². The van der Waals surface area contributed by atoms with E-state index in [1.54, 1.807) is 12.1 Å². The fourth-order valence-electron chi connectivity index (χ4n) is 0.958. The van der Waals surface area contributed by atoms with Gasteiger partial charge >= 0.3 is 6.18 Å². The molecule has 0 aliphatic heterocycles. The van der Waals surface area contributed by atoms with Crippen LogP contribution < -0.4 is 5.32 Å². The number of rotatable bonds is 3. The van der Waals surface area contributed by atoms with Crippen molar-refractivity contribution in [3.63, 3.8) is 0 Å². The number of aryl methyl sites for hydroxylation is 1. The van der Waals surface area contributed by atoms with Crippen molar-refractivity contribution >= 4 is 11.5 Å². The highest BCUT2D eigenvalue weighted by Gasteiger charge is 2.35. The molecule has 0 atom stereocenters. The van der Waals surface area contributed by atoms with Crippen molar-refractivity contribution in [2.24, 2.45) is 0 Å². The van der Waals surface area contributed by atoms with Crippen LogP contribution in [0.2, 0.25) is 0 Å². The van der Waals surface area contributed by atoms with Gasteiger partial charge < -0.3 is 5.32 Å². The van der Waals surface area contributed by atoms with E-state index in [1.807, 2.05) is 19.1 Å². The Bertz CT molecular complexity index is 393. The lowest BCUT2D eigenvalue weighted by Crippen LogP contribution is -2.20. The summed E-state index contributed by atoms with van der Waals surface area (Å²) in [5, 5.41) is 2.57. The normalized spacial score (nSPS) is 11.8. The largest absolute Gasteiger partial charge is 0.454 e. The molecule has 1 rings (SSSR count). The molecule has 0 amide bonds. The zero-order valence-corrected chi connectivity index (χ0v) is 8.51. The van der Waals surface area contributed by atoms with Gasteiger partial charge in [0.25, 0.3) is 5.78 Å². The Morgan fingerprint density at radius 1 is 1.25 bits per heavy atom. The quantitative estimate of drug-likeness (QED) is 0.807. The van der Waals surface area contributed by atoms with Gasteiger partial charge in [0.05, 0.1) is 0 Å². The average molecular weight is 229 g/mol. The molecule has 0 spiro atoms. The van der Waals surface area contributed by atoms with E-state index in [0.717, 1.165) is 11.8 Å². The lowest BCUT2D eigenvalue weighted by molar-refractivity contribution is -0.165. The van der Waals surface area contributed by atoms with Crippen molar-refractivity contribution in [3.05, 3.63) is 42.1 Å². The maximum absolute atomic E-state index is 11.8. The molecular weight excluding hydrogens is 219 g/mol. The summed E-state index contributed by atoms with van der Waals surface area (Å²) >= 11 is 0. The number of hydrogen-bond acceptors (Lipinski definition) is 2. The van der Waals surface area contributed by atoms with Gasteiger partial charge in [-0.05, 0) is 19.1 Å². The van der Waals surface area contributed by atoms with E-state index in [0.29, 0.717) is 11.8 Å². The first-order chi connectivity index (χ1) is 7.39. The summed E-state index contributed by atoms with van der Waals surface area (Å²) in [6, 6.07) is 7.03. The molecule has 0 heterocycles. The van der Waals surface area contributed by atoms with Crippen molar-refractivity contribution in [1.29, 1.82) is 0 Å². The first-order valence-corrected chi connectivity index (χ1v) is 4.50. The van der Waals surface area contributed by atoms with Crippen LogP contribution in [0.4, 0.5) is 18.9 Å². The zero-order valence-electron chi connectivity index (χ0n) is 8.51. The molecule has 1 aromatic rings. The van der Waals surface area contributed by atoms with E-state index >= 15 is 0 Å². The number of carbonyl (C=O) groups excluding carboxylic acids is 1. The molecule has 2 nitrogen and oxygen atoms in total. The van der Waals surface area contributed by atoms with Crippen LogP contribution in [0.25, 0.3) is 0 Å². The number of carbonyl (C=O) groups is 1. The summed E-state index contributed by atoms with van der Waals surface area (Å²) in [5.74, 6) is -1.88. The summed E-state index contributed by atoms with van der Waals surface area (Å²) in [5.41, 5.74) is 1.66. The molecule has 0 unspecified atom stereocenters. The van der Waals surface area contributed by atoms with Gasteiger partial charge in [-0.1, -0.05) is 17.7 Å². The Kier molecular flexibility index (Phi) is 3.71. The van der Waals surface area contributed by atoms with Crippen molar-refractivity contribution in [1.82, 2.24) is 0 Å². The van der Waals surface area contributed by atoms with Crippen LogP contribution in [0.15, 0.2) is 36.5 Å². The topological polar surface area (TPSA) is 29.1 Å². The monoisotopic (exact) mass is 229 g/mol. The van der Waals surface area contributed by atoms with E-state index in [2.05, 4.69) is 5.32 Å². The maximum atomic E-state index is 11.8. The van der Waals surface area contributed by atoms with Crippen LogP contribution in [0.1, 0.15) is 5.56 Å². The fraction of sp³-hybridized carbons (Fsp3) is 0.182. The average Bonchev–Trinajstić information content (AvgIpc) is 2.19. The van der Waals surface area contributed by atoms with Gasteiger partial charge in [-0.2, -0.15) is 13.2 Å². The van der Waals surface area contributed by atoms with Crippen LogP contribution in [-0.2, 0) is 4.79 Å². The van der Waals surface area contributed by atoms with Gasteiger partial charge in [-0.3, -0.25) is 4.79 Å². The Morgan fingerprint density at radius 2 is 1.81 bits per heavy atom. The molecule has 0 bridgehead atoms. The van der Waals surface area contributed by atoms with E-state index in [1.165, 1.54) is 0 Å². The molecular formula is C11H10F3NO. The minimum Gasteiger partial charge on any atom is -0.362 e. The predicted octanol–water partition coefficient (Wildman–Crippen LogP) is 3.05. The van der Waals surface area contributed by atoms with Crippen molar-refractivity contribution in [2.75, 3.05) is 5.32 Å². The second-order valence-electron chi connectivity index (χ2n) is 3.21. The number of nitrogens with one attached hydrogen (secondary N) is 1. The smallest absolute Gasteiger partial charge is 0.362 e.